The second kappa shape index (κ2) is 11.0. The minimum absolute atomic E-state index is 0.00850. The third-order valence-electron chi connectivity index (χ3n) is 7.20. The first-order valence-corrected chi connectivity index (χ1v) is 12.0. The molecule has 2 unspecified atom stereocenters. The number of ether oxygens (including phenoxy) is 1. The number of esters is 1. The largest absolute Gasteiger partial charge is 0.426 e. The molecule has 0 saturated heterocycles. The van der Waals surface area contributed by atoms with E-state index in [4.69, 9.17) is 4.74 Å². The van der Waals surface area contributed by atoms with E-state index in [1.54, 1.807) is 0 Å². The summed E-state index contributed by atoms with van der Waals surface area (Å²) in [5.74, 6) is 3.19. The van der Waals surface area contributed by atoms with E-state index in [0.29, 0.717) is 5.92 Å². The molecule has 2 heteroatoms. The zero-order valence-electron chi connectivity index (χ0n) is 18.1. The molecule has 0 bridgehead atoms. The molecule has 0 amide bonds. The molecular formula is C26H40O2. The molecule has 3 rings (SSSR count). The highest BCUT2D eigenvalue weighted by atomic mass is 16.5. The van der Waals surface area contributed by atoms with Gasteiger partial charge in [-0.3, -0.25) is 4.79 Å². The van der Waals surface area contributed by atoms with Crippen molar-refractivity contribution in [2.75, 3.05) is 0 Å². The Morgan fingerprint density at radius 2 is 1.57 bits per heavy atom. The summed E-state index contributed by atoms with van der Waals surface area (Å²) in [6.45, 7) is 4.54. The van der Waals surface area contributed by atoms with Gasteiger partial charge in [0.1, 0.15) is 5.75 Å². The van der Waals surface area contributed by atoms with E-state index in [-0.39, 0.29) is 11.9 Å². The van der Waals surface area contributed by atoms with Crippen molar-refractivity contribution in [2.45, 2.75) is 103 Å². The maximum Gasteiger partial charge on any atom is 0.314 e. The zero-order valence-corrected chi connectivity index (χ0v) is 18.1. The first-order chi connectivity index (χ1) is 13.7. The van der Waals surface area contributed by atoms with E-state index >= 15 is 0 Å². The quantitative estimate of drug-likeness (QED) is 0.248. The van der Waals surface area contributed by atoms with Crippen LogP contribution in [-0.2, 0) is 4.79 Å². The highest BCUT2D eigenvalue weighted by Gasteiger charge is 2.31. The Morgan fingerprint density at radius 3 is 2.25 bits per heavy atom. The molecular weight excluding hydrogens is 344 g/mol. The SMILES string of the molecule is CCCCCC1CCC(C(=O)Oc2ccc(C3CCC(CCC)CC3)cc2)C1. The Balaban J connectivity index is 1.44. The van der Waals surface area contributed by atoms with E-state index < -0.39 is 0 Å². The predicted octanol–water partition coefficient (Wildman–Crippen LogP) is 7.66. The van der Waals surface area contributed by atoms with Gasteiger partial charge in [-0.2, -0.15) is 0 Å². The van der Waals surface area contributed by atoms with Crippen LogP contribution >= 0.6 is 0 Å². The fraction of sp³-hybridized carbons (Fsp3) is 0.731. The Morgan fingerprint density at radius 1 is 0.857 bits per heavy atom. The predicted molar refractivity (Wildman–Crippen MR) is 117 cm³/mol. The summed E-state index contributed by atoms with van der Waals surface area (Å²) in [5.41, 5.74) is 1.42. The molecule has 0 heterocycles. The van der Waals surface area contributed by atoms with Gasteiger partial charge < -0.3 is 4.74 Å². The van der Waals surface area contributed by atoms with Crippen LogP contribution in [0.3, 0.4) is 0 Å². The van der Waals surface area contributed by atoms with Gasteiger partial charge in [-0.1, -0.05) is 64.5 Å². The molecule has 2 saturated carbocycles. The number of hydrogen-bond donors (Lipinski definition) is 0. The number of unbranched alkanes of at least 4 members (excludes halogenated alkanes) is 2. The van der Waals surface area contributed by atoms with Crippen molar-refractivity contribution in [3.05, 3.63) is 29.8 Å². The van der Waals surface area contributed by atoms with Crippen molar-refractivity contribution in [2.24, 2.45) is 17.8 Å². The van der Waals surface area contributed by atoms with Crippen molar-refractivity contribution < 1.29 is 9.53 Å². The summed E-state index contributed by atoms with van der Waals surface area (Å²) in [5, 5.41) is 0. The van der Waals surface area contributed by atoms with Gasteiger partial charge in [0, 0.05) is 0 Å². The van der Waals surface area contributed by atoms with E-state index in [0.717, 1.165) is 30.4 Å². The molecule has 0 aromatic heterocycles. The molecule has 0 N–H and O–H groups in total. The van der Waals surface area contributed by atoms with Gasteiger partial charge >= 0.3 is 5.97 Å². The van der Waals surface area contributed by atoms with Crippen molar-refractivity contribution in [1.29, 1.82) is 0 Å². The lowest BCUT2D eigenvalue weighted by Gasteiger charge is -2.28. The molecule has 28 heavy (non-hydrogen) atoms. The highest BCUT2D eigenvalue weighted by molar-refractivity contribution is 5.75. The summed E-state index contributed by atoms with van der Waals surface area (Å²) in [6.07, 6.45) is 16.5. The third-order valence-corrected chi connectivity index (χ3v) is 7.20. The molecule has 1 aromatic rings. The maximum absolute atomic E-state index is 12.6. The summed E-state index contributed by atoms with van der Waals surface area (Å²) in [4.78, 5) is 12.6. The minimum Gasteiger partial charge on any atom is -0.426 e. The van der Waals surface area contributed by atoms with Crippen LogP contribution in [0.2, 0.25) is 0 Å². The topological polar surface area (TPSA) is 26.3 Å². The fourth-order valence-corrected chi connectivity index (χ4v) is 5.43. The van der Waals surface area contributed by atoms with Gasteiger partial charge in [-0.15, -0.1) is 0 Å². The summed E-state index contributed by atoms with van der Waals surface area (Å²) in [7, 11) is 0. The maximum atomic E-state index is 12.6. The van der Waals surface area contributed by atoms with Crippen LogP contribution in [0.15, 0.2) is 24.3 Å². The van der Waals surface area contributed by atoms with Crippen LogP contribution in [0.1, 0.15) is 109 Å². The molecule has 0 radical (unpaired) electrons. The molecule has 156 valence electrons. The second-order valence-electron chi connectivity index (χ2n) is 9.37. The summed E-state index contributed by atoms with van der Waals surface area (Å²) in [6, 6.07) is 8.41. The van der Waals surface area contributed by atoms with Gasteiger partial charge in [-0.05, 0) is 80.4 Å². The van der Waals surface area contributed by atoms with Crippen molar-refractivity contribution in [3.8, 4) is 5.75 Å². The van der Waals surface area contributed by atoms with Gasteiger partial charge in [0.15, 0.2) is 0 Å². The normalized spacial score (nSPS) is 27.6. The molecule has 2 nitrogen and oxygen atoms in total. The smallest absolute Gasteiger partial charge is 0.314 e. The van der Waals surface area contributed by atoms with E-state index in [9.17, 15) is 4.79 Å². The molecule has 2 aliphatic carbocycles. The first kappa shape index (κ1) is 21.4. The second-order valence-corrected chi connectivity index (χ2v) is 9.37. The molecule has 2 atom stereocenters. The number of rotatable bonds is 9. The summed E-state index contributed by atoms with van der Waals surface area (Å²) < 4.78 is 5.72. The van der Waals surface area contributed by atoms with Crippen LogP contribution < -0.4 is 4.74 Å². The number of carbonyl (C=O) groups is 1. The van der Waals surface area contributed by atoms with Gasteiger partial charge in [0.2, 0.25) is 0 Å². The molecule has 0 spiro atoms. The molecule has 0 aliphatic heterocycles. The number of carbonyl (C=O) groups excluding carboxylic acids is 1. The Kier molecular flexibility index (Phi) is 8.43. The minimum atomic E-state index is -0.00850. The zero-order chi connectivity index (χ0) is 19.8. The van der Waals surface area contributed by atoms with Crippen molar-refractivity contribution in [3.63, 3.8) is 0 Å². The van der Waals surface area contributed by atoms with E-state index in [1.165, 1.54) is 76.2 Å². The fourth-order valence-electron chi connectivity index (χ4n) is 5.43. The summed E-state index contributed by atoms with van der Waals surface area (Å²) >= 11 is 0. The molecule has 1 aromatic carbocycles. The van der Waals surface area contributed by atoms with E-state index in [1.807, 2.05) is 12.1 Å². The van der Waals surface area contributed by atoms with Crippen molar-refractivity contribution in [1.82, 2.24) is 0 Å². The Bertz CT molecular complexity index is 583. The Labute approximate surface area is 172 Å². The van der Waals surface area contributed by atoms with Crippen LogP contribution in [0.4, 0.5) is 0 Å². The standard InChI is InChI=1S/C26H40O2/c1-3-5-6-8-21-11-14-24(19-21)26(27)28-25-17-15-23(16-18-25)22-12-9-20(7-4-2)10-13-22/h15-18,20-22,24H,3-14,19H2,1-2H3. The van der Waals surface area contributed by atoms with Crippen molar-refractivity contribution >= 4 is 5.97 Å². The van der Waals surface area contributed by atoms with Crippen LogP contribution in [0.5, 0.6) is 5.75 Å². The first-order valence-electron chi connectivity index (χ1n) is 12.0. The molecule has 2 aliphatic rings. The number of hydrogen-bond acceptors (Lipinski definition) is 2. The lowest BCUT2D eigenvalue weighted by molar-refractivity contribution is -0.138. The lowest BCUT2D eigenvalue weighted by atomic mass is 9.77. The Hall–Kier alpha value is -1.31. The van der Waals surface area contributed by atoms with E-state index in [2.05, 4.69) is 26.0 Å². The van der Waals surface area contributed by atoms with Gasteiger partial charge in [0.25, 0.3) is 0 Å². The van der Waals surface area contributed by atoms with Crippen LogP contribution in [-0.4, -0.2) is 5.97 Å². The third kappa shape index (κ3) is 6.09. The molecule has 2 fully saturated rings. The van der Waals surface area contributed by atoms with Gasteiger partial charge in [-0.25, -0.2) is 0 Å². The van der Waals surface area contributed by atoms with Gasteiger partial charge in [0.05, 0.1) is 5.92 Å². The monoisotopic (exact) mass is 384 g/mol. The highest BCUT2D eigenvalue weighted by Crippen LogP contribution is 2.38. The average Bonchev–Trinajstić information content (AvgIpc) is 3.19. The van der Waals surface area contributed by atoms with Crippen LogP contribution in [0.25, 0.3) is 0 Å². The number of benzene rings is 1. The average molecular weight is 385 g/mol. The van der Waals surface area contributed by atoms with Crippen LogP contribution in [0, 0.1) is 17.8 Å². The lowest BCUT2D eigenvalue weighted by Crippen LogP contribution is -2.18.